The van der Waals surface area contributed by atoms with E-state index in [4.69, 9.17) is 10.4 Å². The first-order chi connectivity index (χ1) is 14.1. The summed E-state index contributed by atoms with van der Waals surface area (Å²) in [5.74, 6) is 0.638. The molecule has 4 N–H and O–H groups in total. The van der Waals surface area contributed by atoms with Crippen LogP contribution in [0.25, 0.3) is 0 Å². The van der Waals surface area contributed by atoms with E-state index in [1.165, 1.54) is 12.8 Å². The molecular weight excluding hydrogens is 376 g/mol. The Hall–Kier alpha value is -1.14. The monoisotopic (exact) mass is 432 g/mol. The lowest BCUT2D eigenvalue weighted by Crippen LogP contribution is -2.47. The molecule has 0 aliphatic rings. The van der Waals surface area contributed by atoms with Crippen molar-refractivity contribution in [1.29, 1.82) is 0 Å². The molecule has 0 fully saturated rings. The first-order valence-electron chi connectivity index (χ1n) is 12.0. The summed E-state index contributed by atoms with van der Waals surface area (Å²) < 4.78 is 0. The van der Waals surface area contributed by atoms with Crippen LogP contribution in [-0.4, -0.2) is 46.0 Å². The highest BCUT2D eigenvalue weighted by Crippen LogP contribution is 2.17. The van der Waals surface area contributed by atoms with Crippen molar-refractivity contribution in [3.8, 4) is 0 Å². The normalized spacial score (nSPS) is 13.1. The molecule has 184 valence electrons. The molecule has 0 spiro atoms. The molecule has 0 saturated carbocycles. The Balaban J connectivity index is -0.000000512. The fraction of sp³-hybridized carbons (Fsp3) is 0.917. The molecule has 0 aromatic heterocycles. The molecule has 0 amide bonds. The third-order valence-corrected chi connectivity index (χ3v) is 5.04. The summed E-state index contributed by atoms with van der Waals surface area (Å²) in [6, 6.07) is 0. The number of rotatable bonds is 12. The molecular formula is C24H56N4O2. The average Bonchev–Trinajstić information content (AvgIpc) is 2.76. The van der Waals surface area contributed by atoms with Crippen molar-refractivity contribution in [3.05, 3.63) is 0 Å². The van der Waals surface area contributed by atoms with E-state index in [-0.39, 0.29) is 11.1 Å². The number of nitrogens with one attached hydrogen (secondary N) is 2. The lowest BCUT2D eigenvalue weighted by atomic mass is 9.93. The van der Waals surface area contributed by atoms with Gasteiger partial charge < -0.3 is 21.0 Å². The minimum Gasteiger partial charge on any atom is -0.411 e. The molecule has 0 unspecified atom stereocenters. The second-order valence-electron chi connectivity index (χ2n) is 7.71. The van der Waals surface area contributed by atoms with E-state index in [2.05, 4.69) is 27.9 Å². The van der Waals surface area contributed by atoms with Crippen LogP contribution in [0.3, 0.4) is 0 Å². The Morgan fingerprint density at radius 2 is 1.00 bits per heavy atom. The third-order valence-electron chi connectivity index (χ3n) is 5.04. The lowest BCUT2D eigenvalue weighted by molar-refractivity contribution is 0.306. The summed E-state index contributed by atoms with van der Waals surface area (Å²) in [7, 11) is 0. The number of oxime groups is 2. The van der Waals surface area contributed by atoms with Gasteiger partial charge in [0.25, 0.3) is 0 Å². The molecule has 0 aliphatic heterocycles. The first kappa shape index (κ1) is 36.2. The predicted molar refractivity (Wildman–Crippen MR) is 136 cm³/mol. The summed E-state index contributed by atoms with van der Waals surface area (Å²) in [5.41, 5.74) is 0.800. The van der Waals surface area contributed by atoms with Gasteiger partial charge in [0.05, 0.1) is 22.5 Å². The van der Waals surface area contributed by atoms with Crippen LogP contribution in [0.5, 0.6) is 0 Å². The van der Waals surface area contributed by atoms with Gasteiger partial charge in [-0.2, -0.15) is 0 Å². The van der Waals surface area contributed by atoms with E-state index >= 15 is 0 Å². The highest BCUT2D eigenvalue weighted by molar-refractivity contribution is 5.90. The van der Waals surface area contributed by atoms with Crippen molar-refractivity contribution < 1.29 is 10.4 Å². The van der Waals surface area contributed by atoms with Crippen LogP contribution >= 0.6 is 0 Å². The van der Waals surface area contributed by atoms with E-state index in [1.807, 2.05) is 83.1 Å². The molecule has 0 aromatic carbocycles. The van der Waals surface area contributed by atoms with Crippen LogP contribution in [-0.2, 0) is 0 Å². The highest BCUT2D eigenvalue weighted by atomic mass is 16.4. The molecule has 0 radical (unpaired) electrons. The van der Waals surface area contributed by atoms with Crippen LogP contribution in [0.2, 0.25) is 0 Å². The van der Waals surface area contributed by atoms with E-state index < -0.39 is 0 Å². The van der Waals surface area contributed by atoms with Crippen molar-refractivity contribution >= 4 is 11.4 Å². The summed E-state index contributed by atoms with van der Waals surface area (Å²) in [5, 5.41) is 31.4. The van der Waals surface area contributed by atoms with Gasteiger partial charge in [-0.05, 0) is 73.4 Å². The second-order valence-corrected chi connectivity index (χ2v) is 7.71. The molecule has 0 bridgehead atoms. The Labute approximate surface area is 189 Å². The first-order valence-corrected chi connectivity index (χ1v) is 12.0. The minimum absolute atomic E-state index is 0.291. The number of hydrogen-bond acceptors (Lipinski definition) is 6. The Morgan fingerprint density at radius 1 is 0.700 bits per heavy atom. The SMILES string of the molecule is CC.CC.CC.CCCC(CCNC(C)(C)C(C)=NO)CCNC(C)(C)C(C)=NO. The van der Waals surface area contributed by atoms with Crippen molar-refractivity contribution in [1.82, 2.24) is 10.6 Å². The molecule has 6 nitrogen and oxygen atoms in total. The van der Waals surface area contributed by atoms with Gasteiger partial charge in [0.2, 0.25) is 0 Å². The maximum absolute atomic E-state index is 8.93. The summed E-state index contributed by atoms with van der Waals surface area (Å²) in [4.78, 5) is 0. The zero-order valence-electron chi connectivity index (χ0n) is 22.6. The largest absolute Gasteiger partial charge is 0.411 e. The maximum atomic E-state index is 8.93. The number of hydrogen-bond donors (Lipinski definition) is 4. The molecule has 30 heavy (non-hydrogen) atoms. The Bertz CT molecular complexity index is 383. The Kier molecular flexibility index (Phi) is 27.2. The van der Waals surface area contributed by atoms with Gasteiger partial charge in [-0.15, -0.1) is 0 Å². The fourth-order valence-corrected chi connectivity index (χ4v) is 2.52. The van der Waals surface area contributed by atoms with Crippen LogP contribution in [0.1, 0.15) is 116 Å². The van der Waals surface area contributed by atoms with E-state index in [9.17, 15) is 0 Å². The maximum Gasteiger partial charge on any atom is 0.0734 e. The van der Waals surface area contributed by atoms with Crippen molar-refractivity contribution in [2.45, 2.75) is 127 Å². The van der Waals surface area contributed by atoms with Gasteiger partial charge in [-0.3, -0.25) is 0 Å². The topological polar surface area (TPSA) is 89.2 Å². The van der Waals surface area contributed by atoms with Crippen molar-refractivity contribution in [2.24, 2.45) is 16.2 Å². The van der Waals surface area contributed by atoms with E-state index in [0.29, 0.717) is 17.3 Å². The quantitative estimate of drug-likeness (QED) is 0.157. The molecule has 6 heteroatoms. The van der Waals surface area contributed by atoms with Gasteiger partial charge in [-0.25, -0.2) is 0 Å². The van der Waals surface area contributed by atoms with Crippen molar-refractivity contribution in [3.63, 3.8) is 0 Å². The van der Waals surface area contributed by atoms with Gasteiger partial charge in [-0.1, -0.05) is 71.6 Å². The second kappa shape index (κ2) is 22.5. The predicted octanol–water partition coefficient (Wildman–Crippen LogP) is 6.70. The molecule has 0 aromatic rings. The van der Waals surface area contributed by atoms with Crippen LogP contribution in [0, 0.1) is 5.92 Å². The zero-order chi connectivity index (χ0) is 24.8. The Morgan fingerprint density at radius 3 is 1.23 bits per heavy atom. The van der Waals surface area contributed by atoms with Gasteiger partial charge in [0, 0.05) is 0 Å². The molecule has 0 rings (SSSR count). The van der Waals surface area contributed by atoms with E-state index in [0.717, 1.165) is 25.9 Å². The zero-order valence-corrected chi connectivity index (χ0v) is 22.6. The lowest BCUT2D eigenvalue weighted by Gasteiger charge is -2.28. The third kappa shape index (κ3) is 17.7. The standard InChI is InChI=1S/C18H38N4O2.3C2H6/c1-8-9-16(10-12-19-17(4,5)14(2)21-23)11-13-20-18(6,7)15(3)22-24;3*1-2/h16,19-20,23-24H,8-13H2,1-7H3;3*1-2H3. The summed E-state index contributed by atoms with van der Waals surface area (Å²) >= 11 is 0. The van der Waals surface area contributed by atoms with Crippen LogP contribution in [0.4, 0.5) is 0 Å². The van der Waals surface area contributed by atoms with Gasteiger partial charge >= 0.3 is 0 Å². The van der Waals surface area contributed by atoms with Gasteiger partial charge in [0.1, 0.15) is 0 Å². The fourth-order valence-electron chi connectivity index (χ4n) is 2.52. The van der Waals surface area contributed by atoms with Crippen molar-refractivity contribution in [2.75, 3.05) is 13.1 Å². The molecule has 0 heterocycles. The summed E-state index contributed by atoms with van der Waals surface area (Å²) in [6.45, 7) is 27.8. The summed E-state index contributed by atoms with van der Waals surface area (Å²) in [6.07, 6.45) is 4.55. The minimum atomic E-state index is -0.291. The highest BCUT2D eigenvalue weighted by Gasteiger charge is 2.23. The van der Waals surface area contributed by atoms with Gasteiger partial charge in [0.15, 0.2) is 0 Å². The molecule has 0 aliphatic carbocycles. The average molecular weight is 433 g/mol. The molecule has 0 atom stereocenters. The van der Waals surface area contributed by atoms with Crippen LogP contribution < -0.4 is 10.6 Å². The van der Waals surface area contributed by atoms with Crippen LogP contribution in [0.15, 0.2) is 10.3 Å². The van der Waals surface area contributed by atoms with E-state index in [1.54, 1.807) is 0 Å². The molecule has 0 saturated heterocycles. The number of nitrogens with zero attached hydrogens (tertiary/aromatic N) is 2. The smallest absolute Gasteiger partial charge is 0.0734 e.